The summed E-state index contributed by atoms with van der Waals surface area (Å²) in [7, 11) is -3.93. The second-order valence-electron chi connectivity index (χ2n) is 10.2. The van der Waals surface area contributed by atoms with Gasteiger partial charge >= 0.3 is 5.97 Å². The van der Waals surface area contributed by atoms with Crippen molar-refractivity contribution in [2.75, 3.05) is 29.9 Å². The lowest BCUT2D eigenvalue weighted by Crippen LogP contribution is -2.42. The summed E-state index contributed by atoms with van der Waals surface area (Å²) in [5, 5.41) is 21.0. The molecule has 0 aliphatic carbocycles. The third-order valence-electron chi connectivity index (χ3n) is 7.26. The number of benzene rings is 2. The number of carboxylic acids is 1. The number of hydrogen-bond acceptors (Lipinski definition) is 7. The molecule has 40 heavy (non-hydrogen) atoms. The van der Waals surface area contributed by atoms with Crippen molar-refractivity contribution in [2.45, 2.75) is 44.0 Å². The van der Waals surface area contributed by atoms with Crippen LogP contribution >= 0.6 is 0 Å². The number of pyridine rings is 1. The highest BCUT2D eigenvalue weighted by Gasteiger charge is 2.25. The minimum absolute atomic E-state index is 0.0979. The maximum absolute atomic E-state index is 13.0. The van der Waals surface area contributed by atoms with E-state index in [1.54, 1.807) is 20.0 Å². The zero-order valence-electron chi connectivity index (χ0n) is 22.6. The van der Waals surface area contributed by atoms with Gasteiger partial charge in [-0.2, -0.15) is 0 Å². The molecule has 1 fully saturated rings. The zero-order chi connectivity index (χ0) is 28.9. The Morgan fingerprint density at radius 3 is 2.27 bits per heavy atom. The van der Waals surface area contributed by atoms with Crippen molar-refractivity contribution in [1.29, 1.82) is 0 Å². The van der Waals surface area contributed by atoms with Gasteiger partial charge in [-0.05, 0) is 85.7 Å². The van der Waals surface area contributed by atoms with Crippen molar-refractivity contribution in [2.24, 2.45) is 11.1 Å². The number of rotatable bonds is 10. The van der Waals surface area contributed by atoms with E-state index in [1.807, 2.05) is 42.5 Å². The molecule has 0 bridgehead atoms. The Kier molecular flexibility index (Phi) is 9.06. The standard InChI is InChI=1S/C29H35N5O5S/c1-19-15-24(40(30,38)39)16-20(2)27(19)28(35)33-25(29(36)37)17-21-6-8-23(9-7-21)34-13-10-22(11-14-34)18-32-26-5-3-4-12-31-26/h3-9,12,15-16,22,25H,10-11,13-14,17-18H2,1-2H3,(H,31,32)(H,33,35)(H,36,37)(H2,30,38,39). The number of carbonyl (C=O) groups excluding carboxylic acids is 1. The lowest BCUT2D eigenvalue weighted by Gasteiger charge is -2.34. The summed E-state index contributed by atoms with van der Waals surface area (Å²) in [4.78, 5) is 31.5. The topological polar surface area (TPSA) is 155 Å². The van der Waals surface area contributed by atoms with E-state index in [0.29, 0.717) is 17.0 Å². The van der Waals surface area contributed by atoms with Crippen LogP contribution in [0, 0.1) is 19.8 Å². The van der Waals surface area contributed by atoms with Gasteiger partial charge in [0.15, 0.2) is 0 Å². The molecular formula is C29H35N5O5S. The number of aliphatic carboxylic acids is 1. The quantitative estimate of drug-likeness (QED) is 0.292. The van der Waals surface area contributed by atoms with Crippen LogP contribution < -0.4 is 20.7 Å². The van der Waals surface area contributed by atoms with Crippen LogP contribution in [0.3, 0.4) is 0 Å². The minimum atomic E-state index is -3.93. The number of carboxylic acid groups (broad SMARTS) is 1. The summed E-state index contributed by atoms with van der Waals surface area (Å²) in [6, 6.07) is 15.1. The van der Waals surface area contributed by atoms with Crippen molar-refractivity contribution in [3.63, 3.8) is 0 Å². The first-order valence-corrected chi connectivity index (χ1v) is 14.7. The van der Waals surface area contributed by atoms with Crippen molar-refractivity contribution in [3.05, 3.63) is 83.0 Å². The van der Waals surface area contributed by atoms with Gasteiger partial charge in [-0.15, -0.1) is 0 Å². The number of anilines is 2. The molecule has 1 saturated heterocycles. The van der Waals surface area contributed by atoms with Crippen LogP contribution in [-0.4, -0.2) is 56.1 Å². The second-order valence-corrected chi connectivity index (χ2v) is 11.8. The molecule has 1 aliphatic heterocycles. The lowest BCUT2D eigenvalue weighted by atomic mass is 9.96. The van der Waals surface area contributed by atoms with Crippen LogP contribution in [0.15, 0.2) is 65.7 Å². The van der Waals surface area contributed by atoms with Crippen LogP contribution in [0.25, 0.3) is 0 Å². The molecule has 11 heteroatoms. The molecule has 2 heterocycles. The molecule has 4 rings (SSSR count). The number of aromatic nitrogens is 1. The molecular weight excluding hydrogens is 530 g/mol. The van der Waals surface area contributed by atoms with E-state index in [9.17, 15) is 23.1 Å². The second kappa shape index (κ2) is 12.5. The van der Waals surface area contributed by atoms with E-state index in [0.717, 1.165) is 49.5 Å². The number of aryl methyl sites for hydroxylation is 2. The molecule has 1 unspecified atom stereocenters. The molecule has 1 aromatic heterocycles. The zero-order valence-corrected chi connectivity index (χ0v) is 23.4. The number of nitrogens with zero attached hydrogens (tertiary/aromatic N) is 2. The Labute approximate surface area is 234 Å². The summed E-state index contributed by atoms with van der Waals surface area (Å²) in [5.41, 5.74) is 2.88. The fraction of sp³-hybridized carbons (Fsp3) is 0.345. The Hall–Kier alpha value is -3.96. The van der Waals surface area contributed by atoms with Gasteiger partial charge in [0.25, 0.3) is 5.91 Å². The Morgan fingerprint density at radius 2 is 1.73 bits per heavy atom. The molecule has 5 N–H and O–H groups in total. The van der Waals surface area contributed by atoms with E-state index in [1.165, 1.54) is 12.1 Å². The van der Waals surface area contributed by atoms with E-state index >= 15 is 0 Å². The van der Waals surface area contributed by atoms with Crippen LogP contribution in [0.1, 0.15) is 39.9 Å². The molecule has 1 atom stereocenters. The van der Waals surface area contributed by atoms with Crippen molar-refractivity contribution in [1.82, 2.24) is 10.3 Å². The number of sulfonamides is 1. The number of carbonyl (C=O) groups is 2. The van der Waals surface area contributed by atoms with Gasteiger partial charge in [0.1, 0.15) is 11.9 Å². The van der Waals surface area contributed by atoms with Gasteiger partial charge in [-0.3, -0.25) is 4.79 Å². The highest BCUT2D eigenvalue weighted by molar-refractivity contribution is 7.89. The third-order valence-corrected chi connectivity index (χ3v) is 8.15. The summed E-state index contributed by atoms with van der Waals surface area (Å²) in [5.74, 6) is -0.280. The van der Waals surface area contributed by atoms with Gasteiger partial charge in [0.2, 0.25) is 10.0 Å². The van der Waals surface area contributed by atoms with Gasteiger partial charge in [0, 0.05) is 43.5 Å². The monoisotopic (exact) mass is 565 g/mol. The Balaban J connectivity index is 1.34. The number of nitrogens with two attached hydrogens (primary N) is 1. The third kappa shape index (κ3) is 7.36. The molecule has 0 spiro atoms. The maximum atomic E-state index is 13.0. The Bertz CT molecular complexity index is 1430. The molecule has 10 nitrogen and oxygen atoms in total. The van der Waals surface area contributed by atoms with E-state index in [4.69, 9.17) is 5.14 Å². The SMILES string of the molecule is Cc1cc(S(N)(=O)=O)cc(C)c1C(=O)NC(Cc1ccc(N2CCC(CNc3ccccn3)CC2)cc1)C(=O)O. The van der Waals surface area contributed by atoms with E-state index < -0.39 is 27.9 Å². The largest absolute Gasteiger partial charge is 0.480 e. The Morgan fingerprint density at radius 1 is 1.07 bits per heavy atom. The summed E-state index contributed by atoms with van der Waals surface area (Å²) < 4.78 is 23.4. The fourth-order valence-electron chi connectivity index (χ4n) is 5.07. The maximum Gasteiger partial charge on any atom is 0.326 e. The highest BCUT2D eigenvalue weighted by Crippen LogP contribution is 2.25. The average molecular weight is 566 g/mol. The van der Waals surface area contributed by atoms with Gasteiger partial charge in [-0.25, -0.2) is 23.3 Å². The number of amides is 1. The molecule has 0 saturated carbocycles. The number of nitrogens with one attached hydrogen (secondary N) is 2. The number of piperidine rings is 1. The molecule has 0 radical (unpaired) electrons. The van der Waals surface area contributed by atoms with Crippen molar-refractivity contribution < 1.29 is 23.1 Å². The van der Waals surface area contributed by atoms with Gasteiger partial charge in [0.05, 0.1) is 4.90 Å². The summed E-state index contributed by atoms with van der Waals surface area (Å²) >= 11 is 0. The van der Waals surface area contributed by atoms with Crippen molar-refractivity contribution >= 4 is 33.4 Å². The molecule has 212 valence electrons. The van der Waals surface area contributed by atoms with Crippen molar-refractivity contribution in [3.8, 4) is 0 Å². The molecule has 2 aromatic carbocycles. The fourth-order valence-corrected chi connectivity index (χ4v) is 5.75. The van der Waals surface area contributed by atoms with E-state index in [2.05, 4.69) is 20.5 Å². The first-order valence-electron chi connectivity index (χ1n) is 13.2. The average Bonchev–Trinajstić information content (AvgIpc) is 2.92. The predicted octanol–water partition coefficient (Wildman–Crippen LogP) is 3.10. The molecule has 1 aliphatic rings. The minimum Gasteiger partial charge on any atom is -0.480 e. The first-order chi connectivity index (χ1) is 19.0. The smallest absolute Gasteiger partial charge is 0.326 e. The number of primary sulfonamides is 1. The van der Waals surface area contributed by atoms with E-state index in [-0.39, 0.29) is 16.9 Å². The van der Waals surface area contributed by atoms with Crippen LogP contribution in [0.4, 0.5) is 11.5 Å². The lowest BCUT2D eigenvalue weighted by molar-refractivity contribution is -0.139. The van der Waals surface area contributed by atoms with Gasteiger partial charge in [-0.1, -0.05) is 18.2 Å². The highest BCUT2D eigenvalue weighted by atomic mass is 32.2. The summed E-state index contributed by atoms with van der Waals surface area (Å²) in [6.45, 7) is 5.94. The number of hydrogen-bond donors (Lipinski definition) is 4. The summed E-state index contributed by atoms with van der Waals surface area (Å²) in [6.07, 6.45) is 4.01. The first kappa shape index (κ1) is 29.0. The van der Waals surface area contributed by atoms with Crippen LogP contribution in [0.2, 0.25) is 0 Å². The van der Waals surface area contributed by atoms with Gasteiger partial charge < -0.3 is 20.6 Å². The molecule has 1 amide bonds. The normalized spacial score (nSPS) is 14.9. The van der Waals surface area contributed by atoms with Crippen LogP contribution in [-0.2, 0) is 21.2 Å². The van der Waals surface area contributed by atoms with Crippen LogP contribution in [0.5, 0.6) is 0 Å². The molecule has 3 aromatic rings. The predicted molar refractivity (Wildman–Crippen MR) is 154 cm³/mol.